The minimum Gasteiger partial charge on any atom is -0.493 e. The van der Waals surface area contributed by atoms with E-state index in [2.05, 4.69) is 12.2 Å². The van der Waals surface area contributed by atoms with Gasteiger partial charge in [0.2, 0.25) is 0 Å². The zero-order valence-corrected chi connectivity index (χ0v) is 10.9. The topological polar surface area (TPSA) is 41.6 Å². The van der Waals surface area contributed by atoms with Gasteiger partial charge >= 0.3 is 6.03 Å². The summed E-state index contributed by atoms with van der Waals surface area (Å²) < 4.78 is 5.57. The van der Waals surface area contributed by atoms with Crippen molar-refractivity contribution >= 4 is 11.7 Å². The molecular formula is C13H20N2O2. The number of aryl methyl sites for hydroxylation is 1. The van der Waals surface area contributed by atoms with Crippen molar-refractivity contribution in [3.63, 3.8) is 0 Å². The maximum atomic E-state index is 11.5. The number of carbonyl (C=O) groups is 1. The van der Waals surface area contributed by atoms with Gasteiger partial charge in [-0.25, -0.2) is 4.79 Å². The lowest BCUT2D eigenvalue weighted by Gasteiger charge is -2.14. The lowest BCUT2D eigenvalue weighted by molar-refractivity contribution is 0.230. The van der Waals surface area contributed by atoms with Gasteiger partial charge in [0.05, 0.1) is 6.61 Å². The van der Waals surface area contributed by atoms with Crippen LogP contribution in [0.3, 0.4) is 0 Å². The van der Waals surface area contributed by atoms with Crippen molar-refractivity contribution in [3.8, 4) is 5.75 Å². The van der Waals surface area contributed by atoms with Gasteiger partial charge < -0.3 is 15.0 Å². The van der Waals surface area contributed by atoms with Crippen molar-refractivity contribution in [2.24, 2.45) is 0 Å². The molecule has 1 N–H and O–H groups in total. The highest BCUT2D eigenvalue weighted by molar-refractivity contribution is 5.89. The summed E-state index contributed by atoms with van der Waals surface area (Å²) in [7, 11) is 3.42. The third-order valence-electron chi connectivity index (χ3n) is 2.29. The third-order valence-corrected chi connectivity index (χ3v) is 2.29. The average Bonchev–Trinajstić information content (AvgIpc) is 2.28. The zero-order valence-electron chi connectivity index (χ0n) is 10.9. The normalized spacial score (nSPS) is 9.88. The Labute approximate surface area is 103 Å². The predicted octanol–water partition coefficient (Wildman–Crippen LogP) is 2.88. The lowest BCUT2D eigenvalue weighted by atomic mass is 10.2. The molecule has 0 unspecified atom stereocenters. The molecule has 0 spiro atoms. The Hall–Kier alpha value is -1.71. The first-order chi connectivity index (χ1) is 8.04. The molecule has 0 aliphatic heterocycles. The van der Waals surface area contributed by atoms with Crippen LogP contribution in [0.5, 0.6) is 5.75 Å². The number of ether oxygens (including phenoxy) is 1. The number of carbonyl (C=O) groups excluding carboxylic acids is 1. The van der Waals surface area contributed by atoms with Crippen LogP contribution in [0.2, 0.25) is 0 Å². The van der Waals surface area contributed by atoms with Gasteiger partial charge in [-0.2, -0.15) is 0 Å². The first kappa shape index (κ1) is 13.4. The number of amides is 2. The van der Waals surface area contributed by atoms with Crippen LogP contribution in [0.1, 0.15) is 18.9 Å². The summed E-state index contributed by atoms with van der Waals surface area (Å²) in [6.07, 6.45) is 0.985. The van der Waals surface area contributed by atoms with E-state index in [9.17, 15) is 4.79 Å². The number of urea groups is 1. The lowest BCUT2D eigenvalue weighted by Crippen LogP contribution is -2.27. The quantitative estimate of drug-likeness (QED) is 0.873. The first-order valence-corrected chi connectivity index (χ1v) is 5.76. The Morgan fingerprint density at radius 1 is 1.41 bits per heavy atom. The summed E-state index contributed by atoms with van der Waals surface area (Å²) in [5.41, 5.74) is 1.81. The van der Waals surface area contributed by atoms with Crippen molar-refractivity contribution < 1.29 is 9.53 Å². The van der Waals surface area contributed by atoms with Crippen LogP contribution in [0.15, 0.2) is 18.2 Å². The molecule has 94 valence electrons. The Balaban J connectivity index is 2.71. The minimum absolute atomic E-state index is 0.133. The number of benzene rings is 1. The molecule has 0 aromatic heterocycles. The molecular weight excluding hydrogens is 216 g/mol. The molecule has 4 heteroatoms. The van der Waals surface area contributed by atoms with Gasteiger partial charge in [-0.15, -0.1) is 0 Å². The summed E-state index contributed by atoms with van der Waals surface area (Å²) in [6.45, 7) is 4.75. The summed E-state index contributed by atoms with van der Waals surface area (Å²) >= 11 is 0. The standard InChI is InChI=1S/C13H20N2O2/c1-5-8-17-12-7-6-11(9-10(12)2)14-13(16)15(3)4/h6-7,9H,5,8H2,1-4H3,(H,14,16). The van der Waals surface area contributed by atoms with Crippen molar-refractivity contribution in [2.75, 3.05) is 26.0 Å². The molecule has 0 radical (unpaired) electrons. The van der Waals surface area contributed by atoms with E-state index >= 15 is 0 Å². The van der Waals surface area contributed by atoms with E-state index in [-0.39, 0.29) is 6.03 Å². The van der Waals surface area contributed by atoms with E-state index in [1.54, 1.807) is 14.1 Å². The molecule has 1 aromatic rings. The number of nitrogens with one attached hydrogen (secondary N) is 1. The van der Waals surface area contributed by atoms with E-state index in [1.807, 2.05) is 25.1 Å². The smallest absolute Gasteiger partial charge is 0.321 e. The zero-order chi connectivity index (χ0) is 12.8. The molecule has 0 aliphatic carbocycles. The largest absolute Gasteiger partial charge is 0.493 e. The molecule has 4 nitrogen and oxygen atoms in total. The summed E-state index contributed by atoms with van der Waals surface area (Å²) in [5.74, 6) is 0.870. The Morgan fingerprint density at radius 3 is 2.65 bits per heavy atom. The Morgan fingerprint density at radius 2 is 2.12 bits per heavy atom. The maximum absolute atomic E-state index is 11.5. The molecule has 17 heavy (non-hydrogen) atoms. The second-order valence-electron chi connectivity index (χ2n) is 4.15. The highest BCUT2D eigenvalue weighted by Crippen LogP contribution is 2.22. The SMILES string of the molecule is CCCOc1ccc(NC(=O)N(C)C)cc1C. The number of hydrogen-bond acceptors (Lipinski definition) is 2. The van der Waals surface area contributed by atoms with Gasteiger partial charge in [0.15, 0.2) is 0 Å². The van der Waals surface area contributed by atoms with Crippen LogP contribution >= 0.6 is 0 Å². The molecule has 0 bridgehead atoms. The van der Waals surface area contributed by atoms with E-state index in [4.69, 9.17) is 4.74 Å². The third kappa shape index (κ3) is 3.98. The van der Waals surface area contributed by atoms with Gasteiger partial charge in [-0.05, 0) is 37.1 Å². The van der Waals surface area contributed by atoms with Crippen LogP contribution in [0, 0.1) is 6.92 Å². The molecule has 0 heterocycles. The molecule has 2 amide bonds. The maximum Gasteiger partial charge on any atom is 0.321 e. The fourth-order valence-corrected chi connectivity index (χ4v) is 1.34. The van der Waals surface area contributed by atoms with Gasteiger partial charge in [0.25, 0.3) is 0 Å². The summed E-state index contributed by atoms with van der Waals surface area (Å²) in [4.78, 5) is 13.0. The molecule has 0 fully saturated rings. The van der Waals surface area contributed by atoms with Crippen LogP contribution in [-0.4, -0.2) is 31.6 Å². The molecule has 0 aliphatic rings. The fourth-order valence-electron chi connectivity index (χ4n) is 1.34. The number of rotatable bonds is 4. The molecule has 1 rings (SSSR count). The predicted molar refractivity (Wildman–Crippen MR) is 69.7 cm³/mol. The monoisotopic (exact) mass is 236 g/mol. The van der Waals surface area contributed by atoms with Crippen LogP contribution in [0.25, 0.3) is 0 Å². The summed E-state index contributed by atoms with van der Waals surface area (Å²) in [5, 5.41) is 2.80. The van der Waals surface area contributed by atoms with Gasteiger partial charge in [-0.3, -0.25) is 0 Å². The Kier molecular flexibility index (Phi) is 4.82. The van der Waals surface area contributed by atoms with Crippen LogP contribution < -0.4 is 10.1 Å². The van der Waals surface area contributed by atoms with E-state index in [0.29, 0.717) is 6.61 Å². The van der Waals surface area contributed by atoms with E-state index < -0.39 is 0 Å². The van der Waals surface area contributed by atoms with E-state index in [1.165, 1.54) is 4.90 Å². The van der Waals surface area contributed by atoms with Crippen molar-refractivity contribution in [1.29, 1.82) is 0 Å². The first-order valence-electron chi connectivity index (χ1n) is 5.76. The van der Waals surface area contributed by atoms with Gasteiger partial charge in [-0.1, -0.05) is 6.92 Å². The highest BCUT2D eigenvalue weighted by atomic mass is 16.5. The second kappa shape index (κ2) is 6.13. The summed E-state index contributed by atoms with van der Waals surface area (Å²) in [6, 6.07) is 5.51. The number of hydrogen-bond donors (Lipinski definition) is 1. The molecule has 1 aromatic carbocycles. The van der Waals surface area contributed by atoms with Crippen LogP contribution in [0.4, 0.5) is 10.5 Å². The van der Waals surface area contributed by atoms with Crippen molar-refractivity contribution in [2.45, 2.75) is 20.3 Å². The molecule has 0 saturated carbocycles. The minimum atomic E-state index is -0.133. The van der Waals surface area contributed by atoms with Crippen LogP contribution in [-0.2, 0) is 0 Å². The van der Waals surface area contributed by atoms with Crippen molar-refractivity contribution in [3.05, 3.63) is 23.8 Å². The Bertz CT molecular complexity index is 389. The fraction of sp³-hybridized carbons (Fsp3) is 0.462. The highest BCUT2D eigenvalue weighted by Gasteiger charge is 2.05. The van der Waals surface area contributed by atoms with E-state index in [0.717, 1.165) is 23.4 Å². The number of nitrogens with zero attached hydrogens (tertiary/aromatic N) is 1. The molecule has 0 saturated heterocycles. The van der Waals surface area contributed by atoms with Gasteiger partial charge in [0, 0.05) is 19.8 Å². The second-order valence-corrected chi connectivity index (χ2v) is 4.15. The van der Waals surface area contributed by atoms with Crippen molar-refractivity contribution in [1.82, 2.24) is 4.90 Å². The number of anilines is 1. The molecule has 0 atom stereocenters. The van der Waals surface area contributed by atoms with Gasteiger partial charge in [0.1, 0.15) is 5.75 Å². The average molecular weight is 236 g/mol.